The lowest BCUT2D eigenvalue weighted by Gasteiger charge is -1.98. The summed E-state index contributed by atoms with van der Waals surface area (Å²) in [5.74, 6) is 6.38. The Bertz CT molecular complexity index is 584. The van der Waals surface area contributed by atoms with Crippen molar-refractivity contribution < 1.29 is 5.11 Å². The van der Waals surface area contributed by atoms with Crippen LogP contribution in [0.1, 0.15) is 11.1 Å². The Kier molecular flexibility index (Phi) is 5.73. The highest BCUT2D eigenvalue weighted by molar-refractivity contribution is 8.02. The zero-order chi connectivity index (χ0) is 13.5. The van der Waals surface area contributed by atoms with Crippen LogP contribution in [0.4, 0.5) is 0 Å². The van der Waals surface area contributed by atoms with E-state index >= 15 is 0 Å². The van der Waals surface area contributed by atoms with Gasteiger partial charge in [-0.2, -0.15) is 0 Å². The largest absolute Gasteiger partial charge is 0.384 e. The Morgan fingerprint density at radius 3 is 2.58 bits per heavy atom. The van der Waals surface area contributed by atoms with Crippen LogP contribution in [-0.4, -0.2) is 28.2 Å². The normalized spacial score (nSPS) is 10.0. The van der Waals surface area contributed by atoms with Gasteiger partial charge >= 0.3 is 0 Å². The van der Waals surface area contributed by atoms with Gasteiger partial charge in [0.2, 0.25) is 0 Å². The van der Waals surface area contributed by atoms with E-state index in [1.165, 1.54) is 5.56 Å². The quantitative estimate of drug-likeness (QED) is 0.695. The first-order valence-electron chi connectivity index (χ1n) is 5.51. The second-order valence-corrected chi connectivity index (χ2v) is 6.74. The monoisotopic (exact) mass is 308 g/mol. The average Bonchev–Trinajstić information content (AvgIpc) is 2.92. The van der Waals surface area contributed by atoms with Gasteiger partial charge in [-0.05, 0) is 24.0 Å². The minimum atomic E-state index is -0.105. The Balaban J connectivity index is 1.92. The molecule has 1 aromatic carbocycles. The summed E-state index contributed by atoms with van der Waals surface area (Å²) in [6.07, 6.45) is 2.00. The molecule has 1 aromatic heterocycles. The van der Waals surface area contributed by atoms with E-state index in [-0.39, 0.29) is 6.61 Å². The highest BCUT2D eigenvalue weighted by Gasteiger charge is 2.03. The Hall–Kier alpha value is -1.00. The van der Waals surface area contributed by atoms with Crippen molar-refractivity contribution in [3.63, 3.8) is 0 Å². The van der Waals surface area contributed by atoms with Crippen LogP contribution >= 0.6 is 34.9 Å². The molecule has 19 heavy (non-hydrogen) atoms. The van der Waals surface area contributed by atoms with Crippen LogP contribution in [-0.2, 0) is 5.75 Å². The zero-order valence-corrected chi connectivity index (χ0v) is 12.7. The molecule has 2 rings (SSSR count). The summed E-state index contributed by atoms with van der Waals surface area (Å²) >= 11 is 4.93. The van der Waals surface area contributed by atoms with E-state index in [4.69, 9.17) is 5.11 Å². The van der Waals surface area contributed by atoms with Crippen molar-refractivity contribution in [1.82, 2.24) is 10.2 Å². The summed E-state index contributed by atoms with van der Waals surface area (Å²) in [5, 5.41) is 16.8. The first kappa shape index (κ1) is 14.4. The van der Waals surface area contributed by atoms with Gasteiger partial charge in [-0.1, -0.05) is 58.8 Å². The molecule has 0 spiro atoms. The first-order valence-corrected chi connectivity index (χ1v) is 8.53. The van der Waals surface area contributed by atoms with Crippen LogP contribution in [0.15, 0.2) is 32.9 Å². The number of thioether (sulfide) groups is 2. The van der Waals surface area contributed by atoms with E-state index in [2.05, 4.69) is 22.0 Å². The molecule has 0 aliphatic rings. The van der Waals surface area contributed by atoms with Crippen molar-refractivity contribution in [2.75, 3.05) is 12.9 Å². The molecule has 0 bridgehead atoms. The van der Waals surface area contributed by atoms with E-state index in [0.717, 1.165) is 20.0 Å². The van der Waals surface area contributed by atoms with E-state index in [1.807, 2.05) is 30.5 Å². The lowest BCUT2D eigenvalue weighted by Crippen LogP contribution is -1.82. The van der Waals surface area contributed by atoms with Gasteiger partial charge in [0, 0.05) is 11.3 Å². The van der Waals surface area contributed by atoms with Crippen molar-refractivity contribution in [3.05, 3.63) is 35.4 Å². The number of aromatic nitrogens is 2. The van der Waals surface area contributed by atoms with E-state index in [9.17, 15) is 0 Å². The predicted molar refractivity (Wildman–Crippen MR) is 81.7 cm³/mol. The summed E-state index contributed by atoms with van der Waals surface area (Å²) in [6.45, 7) is -0.105. The molecule has 0 radical (unpaired) electrons. The molecule has 0 amide bonds. The van der Waals surface area contributed by atoms with Gasteiger partial charge < -0.3 is 5.11 Å². The second-order valence-electron chi connectivity index (χ2n) is 3.48. The molecular weight excluding hydrogens is 296 g/mol. The highest BCUT2D eigenvalue weighted by Crippen LogP contribution is 2.29. The van der Waals surface area contributed by atoms with Crippen molar-refractivity contribution in [2.45, 2.75) is 14.4 Å². The fraction of sp³-hybridized carbons (Fsp3) is 0.231. The number of hydrogen-bond donors (Lipinski definition) is 1. The van der Waals surface area contributed by atoms with Crippen LogP contribution in [0, 0.1) is 11.8 Å². The summed E-state index contributed by atoms with van der Waals surface area (Å²) in [6, 6.07) is 8.02. The van der Waals surface area contributed by atoms with Gasteiger partial charge in [0.1, 0.15) is 6.61 Å². The van der Waals surface area contributed by atoms with Crippen LogP contribution < -0.4 is 0 Å². The molecule has 2 aromatic rings. The lowest BCUT2D eigenvalue weighted by atomic mass is 10.1. The van der Waals surface area contributed by atoms with Gasteiger partial charge in [-0.15, -0.1) is 10.2 Å². The van der Waals surface area contributed by atoms with Crippen LogP contribution in [0.2, 0.25) is 0 Å². The zero-order valence-electron chi connectivity index (χ0n) is 10.3. The third-order valence-electron chi connectivity index (χ3n) is 2.19. The SMILES string of the molecule is CSc1nnc(SCc2ccc(C#CCO)cc2)s1. The summed E-state index contributed by atoms with van der Waals surface area (Å²) < 4.78 is 1.99. The van der Waals surface area contributed by atoms with Gasteiger partial charge in [0.05, 0.1) is 0 Å². The maximum Gasteiger partial charge on any atom is 0.175 e. The summed E-state index contributed by atoms with van der Waals surface area (Å²) in [7, 11) is 0. The molecule has 0 saturated carbocycles. The fourth-order valence-electron chi connectivity index (χ4n) is 1.31. The van der Waals surface area contributed by atoms with Gasteiger partial charge in [0.25, 0.3) is 0 Å². The van der Waals surface area contributed by atoms with Crippen molar-refractivity contribution in [2.24, 2.45) is 0 Å². The fourth-order valence-corrected chi connectivity index (χ4v) is 3.70. The maximum atomic E-state index is 8.62. The number of benzene rings is 1. The predicted octanol–water partition coefficient (Wildman–Crippen LogP) is 2.90. The second kappa shape index (κ2) is 7.56. The highest BCUT2D eigenvalue weighted by atomic mass is 32.2. The van der Waals surface area contributed by atoms with Crippen molar-refractivity contribution >= 4 is 34.9 Å². The Morgan fingerprint density at radius 2 is 1.95 bits per heavy atom. The summed E-state index contributed by atoms with van der Waals surface area (Å²) in [5.41, 5.74) is 2.14. The minimum Gasteiger partial charge on any atom is -0.384 e. The first-order chi connectivity index (χ1) is 9.31. The molecule has 0 fully saturated rings. The molecule has 1 N–H and O–H groups in total. The molecule has 0 unspecified atom stereocenters. The van der Waals surface area contributed by atoms with E-state index < -0.39 is 0 Å². The smallest absolute Gasteiger partial charge is 0.175 e. The number of nitrogens with zero attached hydrogens (tertiary/aromatic N) is 2. The van der Waals surface area contributed by atoms with Crippen LogP contribution in [0.3, 0.4) is 0 Å². The van der Waals surface area contributed by atoms with Crippen LogP contribution in [0.25, 0.3) is 0 Å². The molecule has 0 saturated heterocycles. The molecule has 6 heteroatoms. The molecular formula is C13H12N2OS3. The number of aliphatic hydroxyl groups excluding tert-OH is 1. The van der Waals surface area contributed by atoms with Gasteiger partial charge in [0.15, 0.2) is 8.68 Å². The Labute approximate surface area is 124 Å². The van der Waals surface area contributed by atoms with Crippen molar-refractivity contribution in [3.8, 4) is 11.8 Å². The molecule has 1 heterocycles. The molecule has 3 nitrogen and oxygen atoms in total. The number of rotatable bonds is 4. The molecule has 0 atom stereocenters. The third-order valence-corrected chi connectivity index (χ3v) is 5.29. The van der Waals surface area contributed by atoms with Gasteiger partial charge in [-0.25, -0.2) is 0 Å². The summed E-state index contributed by atoms with van der Waals surface area (Å²) in [4.78, 5) is 0. The average molecular weight is 308 g/mol. The Morgan fingerprint density at radius 1 is 1.21 bits per heavy atom. The van der Waals surface area contributed by atoms with E-state index in [1.54, 1.807) is 34.9 Å². The minimum absolute atomic E-state index is 0.105. The van der Waals surface area contributed by atoms with Crippen molar-refractivity contribution in [1.29, 1.82) is 0 Å². The number of hydrogen-bond acceptors (Lipinski definition) is 6. The lowest BCUT2D eigenvalue weighted by molar-refractivity contribution is 0.350. The van der Waals surface area contributed by atoms with E-state index in [0.29, 0.717) is 0 Å². The van der Waals surface area contributed by atoms with Crippen LogP contribution in [0.5, 0.6) is 0 Å². The maximum absolute atomic E-state index is 8.62. The number of aliphatic hydroxyl groups is 1. The third kappa shape index (κ3) is 4.55. The topological polar surface area (TPSA) is 46.0 Å². The standard InChI is InChI=1S/C13H12N2OS3/c1-17-12-14-15-13(19-12)18-9-11-6-4-10(5-7-11)3-2-8-16/h4-7,16H,8-9H2,1H3. The molecule has 98 valence electrons. The van der Waals surface area contributed by atoms with Gasteiger partial charge in [-0.3, -0.25) is 0 Å². The molecule has 0 aliphatic carbocycles. The molecule has 0 aliphatic heterocycles.